The highest BCUT2D eigenvalue weighted by molar-refractivity contribution is 6.99. The van der Waals surface area contributed by atoms with Crippen molar-refractivity contribution in [2.75, 3.05) is 0 Å². The number of hydrogen-bond acceptors (Lipinski definition) is 5. The lowest BCUT2D eigenvalue weighted by Crippen LogP contribution is -2.47. The number of aryl methyl sites for hydroxylation is 2. The van der Waals surface area contributed by atoms with Gasteiger partial charge < -0.3 is 10.2 Å². The highest BCUT2D eigenvalue weighted by atomic mass is 32.1. The number of rotatable bonds is 7. The second-order valence-corrected chi connectivity index (χ2v) is 9.36. The summed E-state index contributed by atoms with van der Waals surface area (Å²) in [6.45, 7) is 4.42. The second-order valence-electron chi connectivity index (χ2n) is 8.80. The zero-order valence-electron chi connectivity index (χ0n) is 19.2. The number of benzene rings is 2. The molecule has 1 N–H and O–H groups in total. The van der Waals surface area contributed by atoms with Crippen LogP contribution in [-0.4, -0.2) is 31.5 Å². The largest absolute Gasteiger partial charge is 0.351 e. The molecule has 0 aliphatic heterocycles. The molecule has 1 heterocycles. The molecule has 0 spiro atoms. The third kappa shape index (κ3) is 5.66. The van der Waals surface area contributed by atoms with E-state index in [4.69, 9.17) is 0 Å². The SMILES string of the molecule is Cc1ccc(CN(C(=O)c2cnsn2)[C@@H](C(=O)NC2CCCCC2)c2ccccc2)cc1C. The summed E-state index contributed by atoms with van der Waals surface area (Å²) in [5.41, 5.74) is 4.36. The van der Waals surface area contributed by atoms with Crippen LogP contribution in [0.1, 0.15) is 70.9 Å². The summed E-state index contributed by atoms with van der Waals surface area (Å²) >= 11 is 0.992. The summed E-state index contributed by atoms with van der Waals surface area (Å²) in [5.74, 6) is -0.442. The van der Waals surface area contributed by atoms with Crippen molar-refractivity contribution in [2.45, 2.75) is 64.6 Å². The number of nitrogens with one attached hydrogen (secondary N) is 1. The zero-order chi connectivity index (χ0) is 23.2. The van der Waals surface area contributed by atoms with Gasteiger partial charge in [-0.3, -0.25) is 9.59 Å². The molecule has 1 fully saturated rings. The second kappa shape index (κ2) is 10.7. The van der Waals surface area contributed by atoms with Gasteiger partial charge >= 0.3 is 0 Å². The number of aromatic nitrogens is 2. The summed E-state index contributed by atoms with van der Waals surface area (Å²) in [6.07, 6.45) is 6.89. The highest BCUT2D eigenvalue weighted by Crippen LogP contribution is 2.27. The fourth-order valence-corrected chi connectivity index (χ4v) is 4.83. The number of nitrogens with zero attached hydrogens (tertiary/aromatic N) is 3. The van der Waals surface area contributed by atoms with E-state index in [2.05, 4.69) is 40.0 Å². The van der Waals surface area contributed by atoms with Gasteiger partial charge in [-0.25, -0.2) is 0 Å². The Labute approximate surface area is 199 Å². The Kier molecular flexibility index (Phi) is 7.50. The zero-order valence-corrected chi connectivity index (χ0v) is 20.0. The normalized spacial score (nSPS) is 15.1. The molecule has 33 heavy (non-hydrogen) atoms. The van der Waals surface area contributed by atoms with Gasteiger partial charge in [0.1, 0.15) is 6.04 Å². The van der Waals surface area contributed by atoms with E-state index < -0.39 is 6.04 Å². The van der Waals surface area contributed by atoms with Gasteiger partial charge in [-0.05, 0) is 48.9 Å². The summed E-state index contributed by atoms with van der Waals surface area (Å²) in [5, 5.41) is 3.24. The number of carbonyl (C=O) groups excluding carboxylic acids is 2. The minimum atomic E-state index is -0.760. The first kappa shape index (κ1) is 23.1. The van der Waals surface area contributed by atoms with E-state index in [1.165, 1.54) is 18.2 Å². The molecule has 7 heteroatoms. The van der Waals surface area contributed by atoms with E-state index in [0.717, 1.165) is 54.1 Å². The van der Waals surface area contributed by atoms with Crippen LogP contribution >= 0.6 is 11.7 Å². The molecule has 2 aromatic carbocycles. The maximum Gasteiger partial charge on any atom is 0.276 e. The van der Waals surface area contributed by atoms with Crippen molar-refractivity contribution in [3.8, 4) is 0 Å². The molecule has 0 saturated heterocycles. The lowest BCUT2D eigenvalue weighted by molar-refractivity contribution is -0.127. The van der Waals surface area contributed by atoms with E-state index in [9.17, 15) is 9.59 Å². The molecule has 0 radical (unpaired) electrons. The van der Waals surface area contributed by atoms with Crippen molar-refractivity contribution in [2.24, 2.45) is 0 Å². The molecule has 1 atom stereocenters. The minimum absolute atomic E-state index is 0.145. The van der Waals surface area contributed by atoms with Crippen molar-refractivity contribution in [1.29, 1.82) is 0 Å². The van der Waals surface area contributed by atoms with Gasteiger partial charge in [0.25, 0.3) is 5.91 Å². The van der Waals surface area contributed by atoms with Gasteiger partial charge in [0.15, 0.2) is 5.69 Å². The Hall–Kier alpha value is -3.06. The fourth-order valence-electron chi connectivity index (χ4n) is 4.42. The molecule has 1 aromatic heterocycles. The predicted octanol–water partition coefficient (Wildman–Crippen LogP) is 4.99. The molecular formula is C26H30N4O2S. The van der Waals surface area contributed by atoms with Crippen molar-refractivity contribution in [3.05, 3.63) is 82.7 Å². The molecule has 2 amide bonds. The number of amides is 2. The summed E-state index contributed by atoms with van der Waals surface area (Å²) in [6, 6.07) is 15.1. The Bertz CT molecular complexity index is 1080. The average Bonchev–Trinajstić information content (AvgIpc) is 3.37. The third-order valence-corrected chi connectivity index (χ3v) is 6.87. The maximum atomic E-state index is 13.7. The Morgan fingerprint density at radius 3 is 2.48 bits per heavy atom. The molecular weight excluding hydrogens is 432 g/mol. The van der Waals surface area contributed by atoms with E-state index in [0.29, 0.717) is 6.54 Å². The standard InChI is InChI=1S/C26H30N4O2S/c1-18-13-14-20(15-19(18)2)17-30(26(32)23-16-27-33-29-23)24(21-9-5-3-6-10-21)25(31)28-22-11-7-4-8-12-22/h3,5-6,9-10,13-16,22,24H,4,7-8,11-12,17H2,1-2H3,(H,28,31)/t24-/m1/s1. The van der Waals surface area contributed by atoms with Crippen molar-refractivity contribution in [3.63, 3.8) is 0 Å². The maximum absolute atomic E-state index is 13.7. The van der Waals surface area contributed by atoms with Gasteiger partial charge in [-0.1, -0.05) is 67.8 Å². The molecule has 1 aliphatic rings. The van der Waals surface area contributed by atoms with E-state index in [-0.39, 0.29) is 23.6 Å². The van der Waals surface area contributed by atoms with Crippen LogP contribution in [0.2, 0.25) is 0 Å². The summed E-state index contributed by atoms with van der Waals surface area (Å²) in [4.78, 5) is 29.0. The van der Waals surface area contributed by atoms with Crippen molar-refractivity contribution >= 4 is 23.5 Å². The lowest BCUT2D eigenvalue weighted by Gasteiger charge is -2.33. The monoisotopic (exact) mass is 462 g/mol. The fraction of sp³-hybridized carbons (Fsp3) is 0.385. The summed E-state index contributed by atoms with van der Waals surface area (Å²) < 4.78 is 8.18. The predicted molar refractivity (Wildman–Crippen MR) is 130 cm³/mol. The minimum Gasteiger partial charge on any atom is -0.351 e. The van der Waals surface area contributed by atoms with Crippen LogP contribution in [-0.2, 0) is 11.3 Å². The van der Waals surface area contributed by atoms with Crippen molar-refractivity contribution < 1.29 is 9.59 Å². The molecule has 4 rings (SSSR count). The molecule has 172 valence electrons. The first-order valence-electron chi connectivity index (χ1n) is 11.5. The number of hydrogen-bond donors (Lipinski definition) is 1. The van der Waals surface area contributed by atoms with E-state index in [1.807, 2.05) is 36.4 Å². The third-order valence-electron chi connectivity index (χ3n) is 6.39. The van der Waals surface area contributed by atoms with Crippen LogP contribution in [0.25, 0.3) is 0 Å². The Balaban J connectivity index is 1.71. The van der Waals surface area contributed by atoms with Gasteiger partial charge in [0, 0.05) is 12.6 Å². The molecule has 3 aromatic rings. The molecule has 0 unspecified atom stereocenters. The highest BCUT2D eigenvalue weighted by Gasteiger charge is 2.34. The number of carbonyl (C=O) groups is 2. The topological polar surface area (TPSA) is 75.2 Å². The van der Waals surface area contributed by atoms with Crippen LogP contribution in [0.15, 0.2) is 54.7 Å². The average molecular weight is 463 g/mol. The molecule has 6 nitrogen and oxygen atoms in total. The first-order chi connectivity index (χ1) is 16.0. The summed E-state index contributed by atoms with van der Waals surface area (Å²) in [7, 11) is 0. The van der Waals surface area contributed by atoms with Gasteiger partial charge in [0.05, 0.1) is 17.9 Å². The van der Waals surface area contributed by atoms with E-state index in [1.54, 1.807) is 4.90 Å². The van der Waals surface area contributed by atoms with Gasteiger partial charge in [-0.2, -0.15) is 8.75 Å². The van der Waals surface area contributed by atoms with E-state index >= 15 is 0 Å². The van der Waals surface area contributed by atoms with Crippen LogP contribution in [0.4, 0.5) is 0 Å². The lowest BCUT2D eigenvalue weighted by atomic mass is 9.94. The van der Waals surface area contributed by atoms with Crippen molar-refractivity contribution in [1.82, 2.24) is 19.0 Å². The molecule has 1 saturated carbocycles. The molecule has 1 aliphatic carbocycles. The van der Waals surface area contributed by atoms with Crippen LogP contribution in [0, 0.1) is 13.8 Å². The first-order valence-corrected chi connectivity index (χ1v) is 12.3. The smallest absolute Gasteiger partial charge is 0.276 e. The van der Waals surface area contributed by atoms with Crippen LogP contribution in [0.5, 0.6) is 0 Å². The van der Waals surface area contributed by atoms with Crippen LogP contribution < -0.4 is 5.32 Å². The quantitative estimate of drug-likeness (QED) is 0.537. The van der Waals surface area contributed by atoms with Gasteiger partial charge in [-0.15, -0.1) is 0 Å². The van der Waals surface area contributed by atoms with Gasteiger partial charge in [0.2, 0.25) is 5.91 Å². The Morgan fingerprint density at radius 1 is 1.06 bits per heavy atom. The molecule has 0 bridgehead atoms. The Morgan fingerprint density at radius 2 is 1.82 bits per heavy atom. The van der Waals surface area contributed by atoms with Crippen LogP contribution in [0.3, 0.4) is 0 Å².